The number of pyridine rings is 2. The van der Waals surface area contributed by atoms with Crippen LogP contribution in [0.1, 0.15) is 30.0 Å². The van der Waals surface area contributed by atoms with Crippen molar-refractivity contribution in [2.24, 2.45) is 0 Å². The highest BCUT2D eigenvalue weighted by atomic mass is 16.8. The Morgan fingerprint density at radius 1 is 1.17 bits per heavy atom. The smallest absolute Gasteiger partial charge is 0.359 e. The summed E-state index contributed by atoms with van der Waals surface area (Å²) in [4.78, 5) is 29.8. The Kier molecular flexibility index (Phi) is 3.44. The van der Waals surface area contributed by atoms with E-state index in [0.29, 0.717) is 10.9 Å². The van der Waals surface area contributed by atoms with Crippen molar-refractivity contribution in [2.45, 2.75) is 31.5 Å². The minimum absolute atomic E-state index is 0.0580. The van der Waals surface area contributed by atoms with E-state index in [0.717, 1.165) is 4.57 Å². The Morgan fingerprint density at radius 3 is 2.60 bits per heavy atom. The maximum absolute atomic E-state index is 13.2. The van der Waals surface area contributed by atoms with Gasteiger partial charge in [0.15, 0.2) is 5.60 Å². The lowest BCUT2D eigenvalue weighted by molar-refractivity contribution is -0.345. The first-order valence-electron chi connectivity index (χ1n) is 9.13. The number of carbonyl (C=O) groups excluding carboxylic acids is 1. The van der Waals surface area contributed by atoms with Crippen LogP contribution < -0.4 is 5.56 Å². The third-order valence-electron chi connectivity index (χ3n) is 5.72. The fourth-order valence-electron chi connectivity index (χ4n) is 4.21. The van der Waals surface area contributed by atoms with Crippen molar-refractivity contribution in [1.29, 1.82) is 0 Å². The van der Waals surface area contributed by atoms with Gasteiger partial charge in [-0.2, -0.15) is 0 Å². The van der Waals surface area contributed by atoms with Gasteiger partial charge in [-0.15, -0.1) is 0 Å². The minimum atomic E-state index is -3.32. The first kappa shape index (κ1) is 18.6. The summed E-state index contributed by atoms with van der Waals surface area (Å²) in [6.45, 7) is 1.35. The van der Waals surface area contributed by atoms with Gasteiger partial charge in [-0.25, -0.2) is 9.78 Å². The highest BCUT2D eigenvalue weighted by molar-refractivity contribution is 5.91. The molecule has 0 radical (unpaired) electrons. The number of phenolic OH excluding ortho intramolecular Hbond substituents is 1. The Balaban J connectivity index is 1.91. The second kappa shape index (κ2) is 5.57. The zero-order valence-electron chi connectivity index (χ0n) is 15.6. The third-order valence-corrected chi connectivity index (χ3v) is 5.72. The van der Waals surface area contributed by atoms with E-state index in [1.807, 2.05) is 0 Å². The second-order valence-corrected chi connectivity index (χ2v) is 7.40. The summed E-state index contributed by atoms with van der Waals surface area (Å²) in [6.07, 6.45) is -0.301. The highest BCUT2D eigenvalue weighted by Gasteiger charge is 2.57. The molecule has 0 spiro atoms. The largest absolute Gasteiger partial charge is 0.506 e. The molecule has 1 aromatic carbocycles. The van der Waals surface area contributed by atoms with Crippen LogP contribution in [0, 0.1) is 0 Å². The molecule has 4 heterocycles. The van der Waals surface area contributed by atoms with E-state index in [1.54, 1.807) is 18.2 Å². The molecule has 154 valence electrons. The van der Waals surface area contributed by atoms with Crippen LogP contribution in [0.25, 0.3) is 22.3 Å². The standard InChI is InChI=1S/C20H16N2O8/c1-2-19(27)11-12(20(28,29)30-18(19)26)17(25)22-7-9-6-8-4-3-5-10(23)13(8)21-14(9)15(22)16(11)24/h3-6,23-24,27-29H,2,7H2,1H3/t19-/m0/s1. The van der Waals surface area contributed by atoms with Gasteiger partial charge >= 0.3 is 11.9 Å². The van der Waals surface area contributed by atoms with Gasteiger partial charge in [0.25, 0.3) is 5.56 Å². The number of rotatable bonds is 1. The zero-order chi connectivity index (χ0) is 21.6. The average Bonchev–Trinajstić information content (AvgIpc) is 3.06. The van der Waals surface area contributed by atoms with Crippen molar-refractivity contribution in [1.82, 2.24) is 9.55 Å². The van der Waals surface area contributed by atoms with Gasteiger partial charge in [-0.1, -0.05) is 19.1 Å². The molecule has 10 heteroatoms. The molecule has 3 aromatic rings. The molecule has 0 fully saturated rings. The second-order valence-electron chi connectivity index (χ2n) is 7.40. The first-order chi connectivity index (χ1) is 14.1. The molecular formula is C20H16N2O8. The number of aromatic nitrogens is 2. The maximum atomic E-state index is 13.2. The van der Waals surface area contributed by atoms with E-state index in [2.05, 4.69) is 9.72 Å². The van der Waals surface area contributed by atoms with Crippen LogP contribution >= 0.6 is 0 Å². The number of carbonyl (C=O) groups is 1. The van der Waals surface area contributed by atoms with Gasteiger partial charge in [0.1, 0.15) is 28.3 Å². The lowest BCUT2D eigenvalue weighted by atomic mass is 9.83. The number of para-hydroxylation sites is 1. The van der Waals surface area contributed by atoms with Crippen molar-refractivity contribution < 1.29 is 35.1 Å². The van der Waals surface area contributed by atoms with Gasteiger partial charge in [-0.05, 0) is 18.6 Å². The van der Waals surface area contributed by atoms with Gasteiger partial charge in [0.2, 0.25) is 0 Å². The molecule has 0 amide bonds. The van der Waals surface area contributed by atoms with Crippen molar-refractivity contribution in [2.75, 3.05) is 0 Å². The van der Waals surface area contributed by atoms with Gasteiger partial charge in [0.05, 0.1) is 17.8 Å². The first-order valence-corrected chi connectivity index (χ1v) is 9.13. The molecule has 0 aliphatic carbocycles. The minimum Gasteiger partial charge on any atom is -0.506 e. The molecule has 0 unspecified atom stereocenters. The fourth-order valence-corrected chi connectivity index (χ4v) is 4.21. The molecule has 0 saturated heterocycles. The van der Waals surface area contributed by atoms with Crippen LogP contribution in [0.3, 0.4) is 0 Å². The van der Waals surface area contributed by atoms with Crippen LogP contribution in [-0.2, 0) is 27.7 Å². The van der Waals surface area contributed by atoms with Crippen molar-refractivity contribution in [3.8, 4) is 22.9 Å². The molecule has 0 bridgehead atoms. The molecule has 5 rings (SSSR count). The number of nitrogens with zero attached hydrogens (tertiary/aromatic N) is 2. The quantitative estimate of drug-likeness (QED) is 0.215. The lowest BCUT2D eigenvalue weighted by Gasteiger charge is -2.37. The summed E-state index contributed by atoms with van der Waals surface area (Å²) >= 11 is 0. The van der Waals surface area contributed by atoms with E-state index >= 15 is 0 Å². The number of aliphatic hydroxyl groups is 3. The number of hydrogen-bond acceptors (Lipinski definition) is 9. The summed E-state index contributed by atoms with van der Waals surface area (Å²) in [5.74, 6) is -5.54. The van der Waals surface area contributed by atoms with Crippen LogP contribution in [0.2, 0.25) is 0 Å². The summed E-state index contributed by atoms with van der Waals surface area (Å²) in [6, 6.07) is 6.47. The Bertz CT molecular complexity index is 1340. The summed E-state index contributed by atoms with van der Waals surface area (Å²) in [5, 5.41) is 53.0. The van der Waals surface area contributed by atoms with Crippen LogP contribution in [0.4, 0.5) is 0 Å². The number of ether oxygens (including phenoxy) is 1. The monoisotopic (exact) mass is 412 g/mol. The number of esters is 1. The van der Waals surface area contributed by atoms with Gasteiger partial charge in [-0.3, -0.25) is 9.36 Å². The van der Waals surface area contributed by atoms with Gasteiger partial charge < -0.3 is 30.3 Å². The third kappa shape index (κ3) is 2.09. The number of fused-ring (bicyclic) bond motifs is 5. The fraction of sp³-hybridized carbons (Fsp3) is 0.250. The molecule has 5 N–H and O–H groups in total. The number of cyclic esters (lactones) is 1. The predicted molar refractivity (Wildman–Crippen MR) is 100 cm³/mol. The van der Waals surface area contributed by atoms with Crippen LogP contribution in [0.15, 0.2) is 29.1 Å². The van der Waals surface area contributed by atoms with E-state index in [4.69, 9.17) is 0 Å². The highest BCUT2D eigenvalue weighted by Crippen LogP contribution is 2.48. The Labute approximate surface area is 167 Å². The van der Waals surface area contributed by atoms with Crippen molar-refractivity contribution >= 4 is 16.9 Å². The van der Waals surface area contributed by atoms with E-state index < -0.39 is 40.0 Å². The maximum Gasteiger partial charge on any atom is 0.359 e. The van der Waals surface area contributed by atoms with E-state index in [1.165, 1.54) is 13.0 Å². The molecule has 2 aliphatic rings. The molecule has 1 atom stereocenters. The number of hydrogen-bond donors (Lipinski definition) is 5. The molecule has 10 nitrogen and oxygen atoms in total. The molecule has 2 aliphatic heterocycles. The van der Waals surface area contributed by atoms with E-state index in [-0.39, 0.29) is 35.6 Å². The molecule has 0 saturated carbocycles. The Morgan fingerprint density at radius 2 is 1.90 bits per heavy atom. The number of phenols is 1. The topological polar surface area (TPSA) is 162 Å². The molecule has 30 heavy (non-hydrogen) atoms. The summed E-state index contributed by atoms with van der Waals surface area (Å²) in [7, 11) is 0. The SMILES string of the molecule is CC[C@@]1(O)C(=O)OC(O)(O)c2c1c(O)c1n(c2=O)Cc2cc3cccc(O)c3nc2-1. The normalized spacial score (nSPS) is 21.1. The number of aromatic hydroxyl groups is 2. The van der Waals surface area contributed by atoms with Crippen LogP contribution in [-0.4, -0.2) is 41.1 Å². The lowest BCUT2D eigenvalue weighted by Crippen LogP contribution is -2.53. The predicted octanol–water partition coefficient (Wildman–Crippen LogP) is 0.0857. The number of benzene rings is 1. The van der Waals surface area contributed by atoms with E-state index in [9.17, 15) is 35.1 Å². The molecular weight excluding hydrogens is 396 g/mol. The Hall–Kier alpha value is -3.47. The van der Waals surface area contributed by atoms with Crippen LogP contribution in [0.5, 0.6) is 11.5 Å². The average molecular weight is 412 g/mol. The zero-order valence-corrected chi connectivity index (χ0v) is 15.6. The van der Waals surface area contributed by atoms with Gasteiger partial charge in [0, 0.05) is 10.9 Å². The summed E-state index contributed by atoms with van der Waals surface area (Å²) < 4.78 is 5.56. The molecule has 2 aromatic heterocycles. The summed E-state index contributed by atoms with van der Waals surface area (Å²) in [5.41, 5.74) is -4.08. The van der Waals surface area contributed by atoms with Crippen molar-refractivity contribution in [3.05, 3.63) is 51.3 Å². The van der Waals surface area contributed by atoms with Crippen molar-refractivity contribution in [3.63, 3.8) is 0 Å².